The maximum Gasteiger partial charge on any atom is 0.223 e. The lowest BCUT2D eigenvalue weighted by atomic mass is 9.96. The van der Waals surface area contributed by atoms with Crippen LogP contribution in [0.1, 0.15) is 29.3 Å². The second kappa shape index (κ2) is 10.5. The lowest BCUT2D eigenvalue weighted by molar-refractivity contribution is -0.133. The molecule has 2 heterocycles. The molecule has 0 N–H and O–H groups in total. The van der Waals surface area contributed by atoms with E-state index in [2.05, 4.69) is 70.7 Å². The molecule has 0 aliphatic carbocycles. The first kappa shape index (κ1) is 22.1. The SMILES string of the molecule is O=C(CCc1cc(-c2ccccc2)no1)N1CCN(C(c2ccccc2)c2ccccc2)CC1. The van der Waals surface area contributed by atoms with Gasteiger partial charge in [-0.15, -0.1) is 0 Å². The third kappa shape index (κ3) is 5.10. The molecule has 1 aromatic heterocycles. The van der Waals surface area contributed by atoms with Crippen molar-refractivity contribution in [2.45, 2.75) is 18.9 Å². The minimum atomic E-state index is 0.174. The lowest BCUT2D eigenvalue weighted by Gasteiger charge is -2.39. The van der Waals surface area contributed by atoms with E-state index in [0.29, 0.717) is 12.8 Å². The summed E-state index contributed by atoms with van der Waals surface area (Å²) in [5.74, 6) is 0.923. The van der Waals surface area contributed by atoms with Gasteiger partial charge < -0.3 is 9.42 Å². The zero-order valence-electron chi connectivity index (χ0n) is 19.2. The second-order valence-electron chi connectivity index (χ2n) is 8.69. The Morgan fingerprint density at radius 2 is 1.35 bits per heavy atom. The molecule has 5 heteroatoms. The monoisotopic (exact) mass is 451 g/mol. The van der Waals surface area contributed by atoms with Gasteiger partial charge in [-0.25, -0.2) is 0 Å². The van der Waals surface area contributed by atoms with Crippen LogP contribution in [0.3, 0.4) is 0 Å². The van der Waals surface area contributed by atoms with Crippen LogP contribution in [0.4, 0.5) is 0 Å². The smallest absolute Gasteiger partial charge is 0.223 e. The molecule has 0 radical (unpaired) electrons. The fourth-order valence-electron chi connectivity index (χ4n) is 4.68. The molecule has 1 saturated heterocycles. The molecule has 5 rings (SSSR count). The summed E-state index contributed by atoms with van der Waals surface area (Å²) in [4.78, 5) is 17.4. The van der Waals surface area contributed by atoms with Crippen molar-refractivity contribution in [3.05, 3.63) is 114 Å². The molecular formula is C29H29N3O2. The van der Waals surface area contributed by atoms with Crippen LogP contribution in [0.2, 0.25) is 0 Å². The van der Waals surface area contributed by atoms with Crippen LogP contribution in [-0.4, -0.2) is 47.0 Å². The van der Waals surface area contributed by atoms with Gasteiger partial charge in [0.2, 0.25) is 5.91 Å². The van der Waals surface area contributed by atoms with Crippen molar-refractivity contribution < 1.29 is 9.32 Å². The largest absolute Gasteiger partial charge is 0.361 e. The molecule has 34 heavy (non-hydrogen) atoms. The number of amides is 1. The third-order valence-electron chi connectivity index (χ3n) is 6.48. The highest BCUT2D eigenvalue weighted by atomic mass is 16.5. The summed E-state index contributed by atoms with van der Waals surface area (Å²) in [6.07, 6.45) is 1.000. The van der Waals surface area contributed by atoms with Crippen molar-refractivity contribution in [3.8, 4) is 11.3 Å². The topological polar surface area (TPSA) is 49.6 Å². The molecule has 0 atom stereocenters. The summed E-state index contributed by atoms with van der Waals surface area (Å²) in [5, 5.41) is 4.16. The molecule has 1 amide bonds. The predicted molar refractivity (Wildman–Crippen MR) is 133 cm³/mol. The number of hydrogen-bond acceptors (Lipinski definition) is 4. The van der Waals surface area contributed by atoms with Crippen LogP contribution in [0.5, 0.6) is 0 Å². The number of aryl methyl sites for hydroxylation is 1. The molecule has 172 valence electrons. The number of carbonyl (C=O) groups is 1. The van der Waals surface area contributed by atoms with Crippen LogP contribution in [-0.2, 0) is 11.2 Å². The van der Waals surface area contributed by atoms with Crippen LogP contribution in [0.15, 0.2) is 102 Å². The van der Waals surface area contributed by atoms with Crippen LogP contribution >= 0.6 is 0 Å². The lowest BCUT2D eigenvalue weighted by Crippen LogP contribution is -2.49. The second-order valence-corrected chi connectivity index (χ2v) is 8.69. The van der Waals surface area contributed by atoms with E-state index in [0.717, 1.165) is 43.2 Å². The standard InChI is InChI=1S/C29H29N3O2/c33-28(17-16-26-22-27(30-34-26)23-10-4-1-5-11-23)31-18-20-32(21-19-31)29(24-12-6-2-7-13-24)25-14-8-3-9-15-25/h1-15,22,29H,16-21H2. The van der Waals surface area contributed by atoms with Crippen molar-refractivity contribution in [2.75, 3.05) is 26.2 Å². The molecule has 1 fully saturated rings. The van der Waals surface area contributed by atoms with Crippen molar-refractivity contribution >= 4 is 5.91 Å². The van der Waals surface area contributed by atoms with Gasteiger partial charge in [-0.05, 0) is 11.1 Å². The molecule has 4 aromatic rings. The number of piperazine rings is 1. The molecule has 3 aromatic carbocycles. The van der Waals surface area contributed by atoms with E-state index in [1.807, 2.05) is 41.3 Å². The Kier molecular flexibility index (Phi) is 6.82. The number of carbonyl (C=O) groups excluding carboxylic acids is 1. The van der Waals surface area contributed by atoms with Gasteiger partial charge >= 0.3 is 0 Å². The Labute approximate surface area is 200 Å². The average molecular weight is 452 g/mol. The van der Waals surface area contributed by atoms with E-state index < -0.39 is 0 Å². The van der Waals surface area contributed by atoms with Crippen molar-refractivity contribution in [1.29, 1.82) is 0 Å². The first-order valence-corrected chi connectivity index (χ1v) is 11.9. The van der Waals surface area contributed by atoms with Gasteiger partial charge in [-0.1, -0.05) is 96.2 Å². The van der Waals surface area contributed by atoms with E-state index in [-0.39, 0.29) is 11.9 Å². The fraction of sp³-hybridized carbons (Fsp3) is 0.241. The summed E-state index contributed by atoms with van der Waals surface area (Å²) < 4.78 is 5.47. The van der Waals surface area contributed by atoms with Crippen molar-refractivity contribution in [1.82, 2.24) is 15.0 Å². The minimum absolute atomic E-state index is 0.174. The van der Waals surface area contributed by atoms with Gasteiger partial charge in [0.05, 0.1) is 6.04 Å². The van der Waals surface area contributed by atoms with Crippen molar-refractivity contribution in [2.24, 2.45) is 0 Å². The van der Waals surface area contributed by atoms with E-state index in [9.17, 15) is 4.79 Å². The van der Waals surface area contributed by atoms with E-state index >= 15 is 0 Å². The van der Waals surface area contributed by atoms with Gasteiger partial charge in [0.15, 0.2) is 0 Å². The summed E-state index contributed by atoms with van der Waals surface area (Å²) in [5.41, 5.74) is 4.40. The van der Waals surface area contributed by atoms with Gasteiger partial charge in [-0.3, -0.25) is 9.69 Å². The number of hydrogen-bond donors (Lipinski definition) is 0. The summed E-state index contributed by atoms with van der Waals surface area (Å²) in [6.45, 7) is 3.17. The van der Waals surface area contributed by atoms with E-state index in [1.54, 1.807) is 0 Å². The highest BCUT2D eigenvalue weighted by Crippen LogP contribution is 2.29. The zero-order valence-corrected chi connectivity index (χ0v) is 19.2. The Bertz CT molecular complexity index is 1140. The normalized spacial score (nSPS) is 14.4. The van der Waals surface area contributed by atoms with Gasteiger partial charge in [0.1, 0.15) is 11.5 Å². The predicted octanol–water partition coefficient (Wildman–Crippen LogP) is 5.21. The average Bonchev–Trinajstić information content (AvgIpc) is 3.39. The quantitative estimate of drug-likeness (QED) is 0.387. The maximum atomic E-state index is 12.9. The Morgan fingerprint density at radius 3 is 1.94 bits per heavy atom. The molecule has 0 saturated carbocycles. The van der Waals surface area contributed by atoms with Crippen LogP contribution < -0.4 is 0 Å². The first-order valence-electron chi connectivity index (χ1n) is 11.9. The minimum Gasteiger partial charge on any atom is -0.361 e. The summed E-state index contributed by atoms with van der Waals surface area (Å²) in [7, 11) is 0. The third-order valence-corrected chi connectivity index (χ3v) is 6.48. The summed E-state index contributed by atoms with van der Waals surface area (Å²) in [6, 6.07) is 33.3. The fourth-order valence-corrected chi connectivity index (χ4v) is 4.68. The molecular weight excluding hydrogens is 422 g/mol. The highest BCUT2D eigenvalue weighted by molar-refractivity contribution is 5.76. The number of benzene rings is 3. The molecule has 5 nitrogen and oxygen atoms in total. The van der Waals surface area contributed by atoms with Gasteiger partial charge in [0.25, 0.3) is 0 Å². The van der Waals surface area contributed by atoms with Crippen LogP contribution in [0.25, 0.3) is 11.3 Å². The summed E-state index contributed by atoms with van der Waals surface area (Å²) >= 11 is 0. The number of aromatic nitrogens is 1. The van der Waals surface area contributed by atoms with Crippen molar-refractivity contribution in [3.63, 3.8) is 0 Å². The Balaban J connectivity index is 1.18. The number of nitrogens with zero attached hydrogens (tertiary/aromatic N) is 3. The zero-order chi connectivity index (χ0) is 23.2. The molecule has 0 unspecified atom stereocenters. The molecule has 1 aliphatic rings. The molecule has 1 aliphatic heterocycles. The van der Waals surface area contributed by atoms with Crippen LogP contribution in [0, 0.1) is 0 Å². The Morgan fingerprint density at radius 1 is 0.794 bits per heavy atom. The Hall–Kier alpha value is -3.70. The molecule has 0 bridgehead atoms. The molecule has 0 spiro atoms. The first-order chi connectivity index (χ1) is 16.8. The number of rotatable bonds is 7. The maximum absolute atomic E-state index is 12.9. The van der Waals surface area contributed by atoms with E-state index in [4.69, 9.17) is 4.52 Å². The van der Waals surface area contributed by atoms with E-state index in [1.165, 1.54) is 11.1 Å². The van der Waals surface area contributed by atoms with Gasteiger partial charge in [0, 0.05) is 50.7 Å². The van der Waals surface area contributed by atoms with Gasteiger partial charge in [-0.2, -0.15) is 0 Å². The highest BCUT2D eigenvalue weighted by Gasteiger charge is 2.28.